The van der Waals surface area contributed by atoms with Crippen LogP contribution >= 0.6 is 15.9 Å². The van der Waals surface area contributed by atoms with Gasteiger partial charge >= 0.3 is 0 Å². The fraction of sp³-hybridized carbons (Fsp3) is 0.583. The van der Waals surface area contributed by atoms with Crippen LogP contribution in [0.4, 0.5) is 11.5 Å². The van der Waals surface area contributed by atoms with Crippen molar-refractivity contribution in [2.45, 2.75) is 19.3 Å². The number of anilines is 1. The summed E-state index contributed by atoms with van der Waals surface area (Å²) in [5.74, 6) is 1.20. The second-order valence-electron chi connectivity index (χ2n) is 4.72. The van der Waals surface area contributed by atoms with Gasteiger partial charge in [0, 0.05) is 25.8 Å². The van der Waals surface area contributed by atoms with Gasteiger partial charge in [-0.15, -0.1) is 0 Å². The van der Waals surface area contributed by atoms with Crippen molar-refractivity contribution in [1.29, 1.82) is 0 Å². The Bertz CT molecular complexity index is 468. The van der Waals surface area contributed by atoms with E-state index in [0.717, 1.165) is 38.2 Å². The Kier molecular flexibility index (Phi) is 4.71. The minimum atomic E-state index is -0.452. The van der Waals surface area contributed by atoms with E-state index in [1.807, 2.05) is 0 Å². The van der Waals surface area contributed by atoms with Gasteiger partial charge in [-0.1, -0.05) is 0 Å². The highest BCUT2D eigenvalue weighted by atomic mass is 79.9. The summed E-state index contributed by atoms with van der Waals surface area (Å²) in [5.41, 5.74) is -0.0143. The van der Waals surface area contributed by atoms with E-state index in [2.05, 4.69) is 25.8 Å². The number of pyridine rings is 1. The van der Waals surface area contributed by atoms with Crippen molar-refractivity contribution in [3.63, 3.8) is 0 Å². The van der Waals surface area contributed by atoms with Gasteiger partial charge in [0.1, 0.15) is 12.0 Å². The Labute approximate surface area is 119 Å². The van der Waals surface area contributed by atoms with E-state index in [0.29, 0.717) is 10.4 Å². The molecule has 1 aliphatic rings. The van der Waals surface area contributed by atoms with Gasteiger partial charge in [0.05, 0.1) is 9.40 Å². The number of halogens is 1. The summed E-state index contributed by atoms with van der Waals surface area (Å²) >= 11 is 3.35. The first-order chi connectivity index (χ1) is 9.11. The molecular weight excluding hydrogens is 314 g/mol. The van der Waals surface area contributed by atoms with Crippen LogP contribution in [0, 0.1) is 16.0 Å². The minimum Gasteiger partial charge on any atom is -0.396 e. The summed E-state index contributed by atoms with van der Waals surface area (Å²) in [6, 6.07) is 1.48. The van der Waals surface area contributed by atoms with E-state index in [1.54, 1.807) is 0 Å². The molecule has 1 unspecified atom stereocenters. The Balaban J connectivity index is 2.15. The largest absolute Gasteiger partial charge is 0.396 e. The molecule has 0 radical (unpaired) electrons. The molecule has 1 saturated heterocycles. The van der Waals surface area contributed by atoms with Gasteiger partial charge in [0.25, 0.3) is 5.69 Å². The lowest BCUT2D eigenvalue weighted by Crippen LogP contribution is -2.36. The van der Waals surface area contributed by atoms with Gasteiger partial charge in [0.15, 0.2) is 0 Å². The Morgan fingerprint density at radius 2 is 2.42 bits per heavy atom. The van der Waals surface area contributed by atoms with Crippen molar-refractivity contribution >= 4 is 27.4 Å². The Hall–Kier alpha value is -1.21. The number of nitro groups is 1. The van der Waals surface area contributed by atoms with Gasteiger partial charge in [-0.05, 0) is 41.1 Å². The van der Waals surface area contributed by atoms with Crippen molar-refractivity contribution in [3.05, 3.63) is 26.9 Å². The average molecular weight is 330 g/mol. The van der Waals surface area contributed by atoms with Gasteiger partial charge in [-0.2, -0.15) is 0 Å². The number of aromatic nitrogens is 1. The molecule has 104 valence electrons. The molecule has 1 atom stereocenters. The van der Waals surface area contributed by atoms with Crippen LogP contribution < -0.4 is 4.90 Å². The minimum absolute atomic E-state index is 0.0143. The molecule has 7 heteroatoms. The fourth-order valence-corrected chi connectivity index (χ4v) is 3.02. The van der Waals surface area contributed by atoms with Crippen molar-refractivity contribution in [2.24, 2.45) is 5.92 Å². The lowest BCUT2D eigenvalue weighted by Gasteiger charge is -2.33. The van der Waals surface area contributed by atoms with E-state index in [-0.39, 0.29) is 12.3 Å². The summed E-state index contributed by atoms with van der Waals surface area (Å²) in [4.78, 5) is 16.5. The number of nitrogens with zero attached hydrogens (tertiary/aromatic N) is 3. The van der Waals surface area contributed by atoms with Crippen LogP contribution in [0.5, 0.6) is 0 Å². The molecule has 0 bridgehead atoms. The number of hydrogen-bond donors (Lipinski definition) is 1. The van der Waals surface area contributed by atoms with Crippen molar-refractivity contribution < 1.29 is 10.0 Å². The van der Waals surface area contributed by atoms with Crippen LogP contribution in [0.3, 0.4) is 0 Å². The van der Waals surface area contributed by atoms with Gasteiger partial charge < -0.3 is 10.0 Å². The highest BCUT2D eigenvalue weighted by Gasteiger charge is 2.23. The number of hydrogen-bond acceptors (Lipinski definition) is 5. The van der Waals surface area contributed by atoms with E-state index < -0.39 is 4.92 Å². The van der Waals surface area contributed by atoms with Crippen LogP contribution in [-0.4, -0.2) is 34.7 Å². The first-order valence-corrected chi connectivity index (χ1v) is 7.07. The van der Waals surface area contributed by atoms with Crippen molar-refractivity contribution in [3.8, 4) is 0 Å². The number of aliphatic hydroxyl groups excluding tert-OH is 1. The Morgan fingerprint density at radius 1 is 1.63 bits per heavy atom. The molecule has 1 aromatic heterocycles. The van der Waals surface area contributed by atoms with E-state index in [4.69, 9.17) is 5.11 Å². The molecule has 0 aliphatic carbocycles. The summed E-state index contributed by atoms with van der Waals surface area (Å²) in [7, 11) is 0. The SMILES string of the molecule is O=[N+]([O-])c1cnc(N2CCCC(CCO)C2)c(Br)c1. The zero-order valence-corrected chi connectivity index (χ0v) is 12.0. The molecule has 0 saturated carbocycles. The van der Waals surface area contributed by atoms with Crippen LogP contribution in [0.2, 0.25) is 0 Å². The first kappa shape index (κ1) is 14.2. The summed E-state index contributed by atoms with van der Waals surface area (Å²) in [6.45, 7) is 1.93. The monoisotopic (exact) mass is 329 g/mol. The molecule has 2 heterocycles. The topological polar surface area (TPSA) is 79.5 Å². The number of piperidine rings is 1. The van der Waals surface area contributed by atoms with Crippen molar-refractivity contribution in [1.82, 2.24) is 4.98 Å². The molecule has 1 aromatic rings. The summed E-state index contributed by atoms with van der Waals surface area (Å²) in [5, 5.41) is 19.7. The summed E-state index contributed by atoms with van der Waals surface area (Å²) in [6.07, 6.45) is 4.24. The average Bonchev–Trinajstić information content (AvgIpc) is 2.39. The predicted octanol–water partition coefficient (Wildman–Crippen LogP) is 2.35. The highest BCUT2D eigenvalue weighted by Crippen LogP contribution is 2.31. The van der Waals surface area contributed by atoms with Gasteiger partial charge in [-0.3, -0.25) is 10.1 Å². The van der Waals surface area contributed by atoms with E-state index >= 15 is 0 Å². The van der Waals surface area contributed by atoms with E-state index in [9.17, 15) is 10.1 Å². The van der Waals surface area contributed by atoms with Gasteiger partial charge in [0.2, 0.25) is 0 Å². The standard InChI is InChI=1S/C12H16BrN3O3/c13-11-6-10(16(18)19)7-14-12(11)15-4-1-2-9(8-15)3-5-17/h6-7,9,17H,1-5,8H2. The molecule has 2 rings (SSSR count). The zero-order chi connectivity index (χ0) is 13.8. The molecule has 0 aromatic carbocycles. The van der Waals surface area contributed by atoms with Crippen molar-refractivity contribution in [2.75, 3.05) is 24.6 Å². The molecule has 19 heavy (non-hydrogen) atoms. The third-order valence-electron chi connectivity index (χ3n) is 3.37. The maximum atomic E-state index is 10.7. The molecular formula is C12H16BrN3O3. The quantitative estimate of drug-likeness (QED) is 0.677. The van der Waals surface area contributed by atoms with Gasteiger partial charge in [-0.25, -0.2) is 4.98 Å². The predicted molar refractivity (Wildman–Crippen MR) is 75.2 cm³/mol. The molecule has 6 nitrogen and oxygen atoms in total. The molecule has 1 N–H and O–H groups in total. The molecule has 1 fully saturated rings. The van der Waals surface area contributed by atoms with E-state index in [1.165, 1.54) is 12.3 Å². The third kappa shape index (κ3) is 3.42. The second-order valence-corrected chi connectivity index (χ2v) is 5.58. The van der Waals surface area contributed by atoms with Crippen LogP contribution in [0.25, 0.3) is 0 Å². The zero-order valence-electron chi connectivity index (χ0n) is 10.5. The maximum Gasteiger partial charge on any atom is 0.288 e. The molecule has 0 spiro atoms. The molecule has 1 aliphatic heterocycles. The normalized spacial score (nSPS) is 19.5. The second kappa shape index (κ2) is 6.29. The fourth-order valence-electron chi connectivity index (χ4n) is 2.43. The highest BCUT2D eigenvalue weighted by molar-refractivity contribution is 9.10. The smallest absolute Gasteiger partial charge is 0.288 e. The number of rotatable bonds is 4. The maximum absolute atomic E-state index is 10.7. The van der Waals surface area contributed by atoms with Crippen LogP contribution in [-0.2, 0) is 0 Å². The van der Waals surface area contributed by atoms with Crippen LogP contribution in [0.15, 0.2) is 16.7 Å². The van der Waals surface area contributed by atoms with Crippen LogP contribution in [0.1, 0.15) is 19.3 Å². The lowest BCUT2D eigenvalue weighted by molar-refractivity contribution is -0.385. The third-order valence-corrected chi connectivity index (χ3v) is 3.96. The Morgan fingerprint density at radius 3 is 3.05 bits per heavy atom. The lowest BCUT2D eigenvalue weighted by atomic mass is 9.95. The summed E-state index contributed by atoms with van der Waals surface area (Å²) < 4.78 is 0.645. The number of aliphatic hydroxyl groups is 1. The first-order valence-electron chi connectivity index (χ1n) is 6.27. The molecule has 0 amide bonds.